The number of rotatable bonds is 7. The van der Waals surface area contributed by atoms with Crippen LogP contribution in [-0.4, -0.2) is 18.9 Å². The van der Waals surface area contributed by atoms with Gasteiger partial charge in [-0.2, -0.15) is 0 Å². The number of anilines is 1. The van der Waals surface area contributed by atoms with Crippen molar-refractivity contribution in [2.75, 3.05) is 12.4 Å². The fraction of sp³-hybridized carbons (Fsp3) is 0.182. The van der Waals surface area contributed by atoms with Crippen molar-refractivity contribution >= 4 is 28.2 Å². The Morgan fingerprint density at radius 2 is 1.71 bits per heavy atom. The number of carbonyl (C=O) groups is 2. The maximum Gasteiger partial charge on any atom is 0.251 e. The second-order valence-electron chi connectivity index (χ2n) is 6.45. The zero-order valence-corrected chi connectivity index (χ0v) is 16.6. The monoisotopic (exact) mass is 394 g/mol. The number of hydrogen-bond donors (Lipinski definition) is 2. The van der Waals surface area contributed by atoms with E-state index in [0.29, 0.717) is 17.0 Å². The lowest BCUT2D eigenvalue weighted by atomic mass is 10.1. The number of ether oxygens (including phenoxy) is 1. The molecular formula is C22H22N2O3S. The molecule has 0 radical (unpaired) electrons. The molecule has 28 heavy (non-hydrogen) atoms. The van der Waals surface area contributed by atoms with Crippen LogP contribution in [-0.2, 0) is 17.6 Å². The third-order valence-corrected chi connectivity index (χ3v) is 5.68. The molecule has 144 valence electrons. The van der Waals surface area contributed by atoms with Gasteiger partial charge in [0.05, 0.1) is 19.1 Å². The number of amides is 2. The molecule has 0 fully saturated rings. The third-order valence-electron chi connectivity index (χ3n) is 4.48. The maximum atomic E-state index is 12.5. The molecule has 0 aliphatic rings. The van der Waals surface area contributed by atoms with Gasteiger partial charge in [-0.25, -0.2) is 0 Å². The fourth-order valence-corrected chi connectivity index (χ4v) is 4.26. The zero-order chi connectivity index (χ0) is 20.1. The summed E-state index contributed by atoms with van der Waals surface area (Å²) < 4.78 is 5.13. The summed E-state index contributed by atoms with van der Waals surface area (Å²) in [6.07, 6.45) is 0.888. The largest absolute Gasteiger partial charge is 0.497 e. The van der Waals surface area contributed by atoms with Crippen LogP contribution < -0.4 is 15.8 Å². The summed E-state index contributed by atoms with van der Waals surface area (Å²) in [6.45, 7) is 1.87. The van der Waals surface area contributed by atoms with E-state index in [0.717, 1.165) is 27.3 Å². The predicted molar refractivity (Wildman–Crippen MR) is 112 cm³/mol. The quantitative estimate of drug-likeness (QED) is 0.637. The van der Waals surface area contributed by atoms with Crippen molar-refractivity contribution in [2.45, 2.75) is 19.8 Å². The Morgan fingerprint density at radius 3 is 2.32 bits per heavy atom. The molecule has 0 spiro atoms. The van der Waals surface area contributed by atoms with Crippen LogP contribution >= 0.6 is 11.3 Å². The van der Waals surface area contributed by atoms with Gasteiger partial charge in [-0.1, -0.05) is 42.5 Å². The van der Waals surface area contributed by atoms with Crippen molar-refractivity contribution in [3.8, 4) is 5.75 Å². The highest BCUT2D eigenvalue weighted by atomic mass is 32.1. The normalized spacial score (nSPS) is 10.5. The number of hydrogen-bond acceptors (Lipinski definition) is 4. The highest BCUT2D eigenvalue weighted by Gasteiger charge is 2.21. The maximum absolute atomic E-state index is 12.5. The van der Waals surface area contributed by atoms with Crippen molar-refractivity contribution in [3.63, 3.8) is 0 Å². The minimum absolute atomic E-state index is 0.194. The van der Waals surface area contributed by atoms with Crippen molar-refractivity contribution in [3.05, 3.63) is 81.7 Å². The second-order valence-corrected chi connectivity index (χ2v) is 7.56. The average Bonchev–Trinajstić information content (AvgIpc) is 2.98. The smallest absolute Gasteiger partial charge is 0.251 e. The summed E-state index contributed by atoms with van der Waals surface area (Å²) in [5.74, 6) is 0.00703. The van der Waals surface area contributed by atoms with Crippen LogP contribution in [0.4, 0.5) is 5.00 Å². The van der Waals surface area contributed by atoms with Gasteiger partial charge in [0.1, 0.15) is 10.8 Å². The summed E-state index contributed by atoms with van der Waals surface area (Å²) in [4.78, 5) is 25.5. The number of nitrogens with one attached hydrogen (secondary N) is 1. The van der Waals surface area contributed by atoms with Crippen LogP contribution in [0.15, 0.2) is 54.6 Å². The topological polar surface area (TPSA) is 81.4 Å². The Bertz CT molecular complexity index is 979. The van der Waals surface area contributed by atoms with Gasteiger partial charge in [0.25, 0.3) is 5.91 Å². The number of primary amides is 1. The molecule has 0 saturated heterocycles. The highest BCUT2D eigenvalue weighted by Crippen LogP contribution is 2.34. The van der Waals surface area contributed by atoms with Gasteiger partial charge in [-0.3, -0.25) is 9.59 Å². The lowest BCUT2D eigenvalue weighted by molar-refractivity contribution is -0.115. The SMILES string of the molecule is COc1ccc(CC(=O)Nc2sc(Cc3ccccc3)c(C)c2C(N)=O)cc1. The molecule has 5 nitrogen and oxygen atoms in total. The molecule has 0 aliphatic heterocycles. The summed E-state index contributed by atoms with van der Waals surface area (Å²) in [5, 5.41) is 3.37. The number of thiophene rings is 1. The highest BCUT2D eigenvalue weighted by molar-refractivity contribution is 7.17. The van der Waals surface area contributed by atoms with Crippen LogP contribution in [0.2, 0.25) is 0 Å². The summed E-state index contributed by atoms with van der Waals surface area (Å²) >= 11 is 1.40. The molecule has 0 aliphatic carbocycles. The van der Waals surface area contributed by atoms with Crippen molar-refractivity contribution in [1.29, 1.82) is 0 Å². The molecular weight excluding hydrogens is 372 g/mol. The summed E-state index contributed by atoms with van der Waals surface area (Å²) in [6, 6.07) is 17.3. The standard InChI is InChI=1S/C22H22N2O3S/c1-14-18(12-15-6-4-3-5-7-15)28-22(20(14)21(23)26)24-19(25)13-16-8-10-17(27-2)11-9-16/h3-11H,12-13H2,1-2H3,(H2,23,26)(H,24,25). The van der Waals surface area contributed by atoms with E-state index in [9.17, 15) is 9.59 Å². The van der Waals surface area contributed by atoms with E-state index in [1.807, 2.05) is 61.5 Å². The lowest BCUT2D eigenvalue weighted by Gasteiger charge is -2.06. The molecule has 1 heterocycles. The van der Waals surface area contributed by atoms with Crippen molar-refractivity contribution < 1.29 is 14.3 Å². The van der Waals surface area contributed by atoms with Crippen molar-refractivity contribution in [1.82, 2.24) is 0 Å². The van der Waals surface area contributed by atoms with Crippen LogP contribution in [0.1, 0.15) is 31.9 Å². The van der Waals surface area contributed by atoms with E-state index in [-0.39, 0.29) is 12.3 Å². The molecule has 0 atom stereocenters. The molecule has 6 heteroatoms. The Balaban J connectivity index is 1.79. The zero-order valence-electron chi connectivity index (χ0n) is 15.8. The van der Waals surface area contributed by atoms with E-state index in [2.05, 4.69) is 5.32 Å². The molecule has 3 aromatic rings. The number of carbonyl (C=O) groups excluding carboxylic acids is 2. The lowest BCUT2D eigenvalue weighted by Crippen LogP contribution is -2.18. The minimum atomic E-state index is -0.534. The number of methoxy groups -OCH3 is 1. The number of benzene rings is 2. The third kappa shape index (κ3) is 4.58. The van der Waals surface area contributed by atoms with Gasteiger partial charge < -0.3 is 15.8 Å². The van der Waals surface area contributed by atoms with Crippen LogP contribution in [0, 0.1) is 6.92 Å². The molecule has 0 saturated carbocycles. The van der Waals surface area contributed by atoms with E-state index in [4.69, 9.17) is 10.5 Å². The predicted octanol–water partition coefficient (Wildman–Crippen LogP) is 3.94. The Hall–Kier alpha value is -3.12. The minimum Gasteiger partial charge on any atom is -0.497 e. The first kappa shape index (κ1) is 19.6. The van der Waals surface area contributed by atoms with Gasteiger partial charge in [0.15, 0.2) is 0 Å². The van der Waals surface area contributed by atoms with Crippen LogP contribution in [0.25, 0.3) is 0 Å². The molecule has 3 rings (SSSR count). The average molecular weight is 394 g/mol. The molecule has 3 N–H and O–H groups in total. The van der Waals surface area contributed by atoms with Crippen LogP contribution in [0.5, 0.6) is 5.75 Å². The van der Waals surface area contributed by atoms with Crippen molar-refractivity contribution in [2.24, 2.45) is 5.73 Å². The molecule has 0 bridgehead atoms. The van der Waals surface area contributed by atoms with Gasteiger partial charge in [0, 0.05) is 11.3 Å². The molecule has 2 amide bonds. The second kappa shape index (κ2) is 8.71. The van der Waals surface area contributed by atoms with E-state index >= 15 is 0 Å². The molecule has 0 unspecified atom stereocenters. The fourth-order valence-electron chi connectivity index (χ4n) is 2.99. The van der Waals surface area contributed by atoms with Gasteiger partial charge in [-0.05, 0) is 35.7 Å². The first-order chi connectivity index (χ1) is 13.5. The van der Waals surface area contributed by atoms with Crippen LogP contribution in [0.3, 0.4) is 0 Å². The Morgan fingerprint density at radius 1 is 1.04 bits per heavy atom. The van der Waals surface area contributed by atoms with E-state index < -0.39 is 5.91 Å². The van der Waals surface area contributed by atoms with E-state index in [1.165, 1.54) is 11.3 Å². The Labute approximate surface area is 168 Å². The molecule has 1 aromatic heterocycles. The first-order valence-electron chi connectivity index (χ1n) is 8.86. The van der Waals surface area contributed by atoms with E-state index in [1.54, 1.807) is 7.11 Å². The van der Waals surface area contributed by atoms with Gasteiger partial charge in [0.2, 0.25) is 5.91 Å². The van der Waals surface area contributed by atoms with Gasteiger partial charge in [-0.15, -0.1) is 11.3 Å². The molecule has 2 aromatic carbocycles. The Kier molecular flexibility index (Phi) is 6.11. The first-order valence-corrected chi connectivity index (χ1v) is 9.68. The number of nitrogens with two attached hydrogens (primary N) is 1. The summed E-state index contributed by atoms with van der Waals surface area (Å²) in [7, 11) is 1.60. The summed E-state index contributed by atoms with van der Waals surface area (Å²) in [5.41, 5.74) is 8.79. The van der Waals surface area contributed by atoms with Gasteiger partial charge >= 0.3 is 0 Å².